The molecular formula is C13H7F3IN3O2. The Hall–Kier alpha value is -2.17. The van der Waals surface area contributed by atoms with Crippen LogP contribution in [0.15, 0.2) is 23.0 Å². The van der Waals surface area contributed by atoms with Gasteiger partial charge in [-0.3, -0.25) is 4.57 Å². The molecule has 2 aromatic carbocycles. The normalized spacial score (nSPS) is 11.3. The molecule has 4 N–H and O–H groups in total. The van der Waals surface area contributed by atoms with E-state index in [0.29, 0.717) is 8.14 Å². The molecule has 1 aromatic heterocycles. The molecule has 3 rings (SSSR count). The number of phenols is 1. The van der Waals surface area contributed by atoms with E-state index in [1.165, 1.54) is 12.1 Å². The number of aromatic hydroxyl groups is 1. The van der Waals surface area contributed by atoms with Gasteiger partial charge < -0.3 is 15.8 Å². The van der Waals surface area contributed by atoms with Gasteiger partial charge in [0.2, 0.25) is 0 Å². The number of nitrogen functional groups attached to an aromatic ring is 1. The second-order valence-corrected chi connectivity index (χ2v) is 5.72. The average molecular weight is 421 g/mol. The molecule has 9 heteroatoms. The summed E-state index contributed by atoms with van der Waals surface area (Å²) in [5.74, 6) is -4.58. The smallest absolute Gasteiger partial charge is 0.331 e. The summed E-state index contributed by atoms with van der Waals surface area (Å²) in [5, 5.41) is 9.75. The van der Waals surface area contributed by atoms with Gasteiger partial charge in [-0.15, -0.1) is 0 Å². The Kier molecular flexibility index (Phi) is 3.31. The number of aromatic amines is 1. The summed E-state index contributed by atoms with van der Waals surface area (Å²) < 4.78 is 43.1. The minimum Gasteiger partial charge on any atom is -0.504 e. The molecular weight excluding hydrogens is 414 g/mol. The lowest BCUT2D eigenvalue weighted by molar-refractivity contribution is 0.467. The van der Waals surface area contributed by atoms with Crippen LogP contribution in [0.1, 0.15) is 0 Å². The Morgan fingerprint density at radius 3 is 2.55 bits per heavy atom. The monoisotopic (exact) mass is 421 g/mol. The number of H-pyrrole nitrogens is 1. The highest BCUT2D eigenvalue weighted by atomic mass is 127. The highest BCUT2D eigenvalue weighted by Crippen LogP contribution is 2.35. The standard InChI is InChI=1S/C13H7F3IN3O2/c14-5-3-4(17)1-2-6(5)20-11-8(16)7(15)9(18)12(21)10(11)19-13(20)22/h1-3,21H,18H2,(H,19,22). The number of aromatic nitrogens is 2. The van der Waals surface area contributed by atoms with Crippen molar-refractivity contribution in [1.29, 1.82) is 0 Å². The second kappa shape index (κ2) is 4.93. The predicted molar refractivity (Wildman–Crippen MR) is 82.6 cm³/mol. The third kappa shape index (κ3) is 1.95. The van der Waals surface area contributed by atoms with Crippen LogP contribution in [0.2, 0.25) is 0 Å². The summed E-state index contributed by atoms with van der Waals surface area (Å²) in [5.41, 5.74) is 2.16. The van der Waals surface area contributed by atoms with E-state index in [9.17, 15) is 23.1 Å². The van der Waals surface area contributed by atoms with E-state index in [1.807, 2.05) is 22.6 Å². The molecule has 0 spiro atoms. The largest absolute Gasteiger partial charge is 0.504 e. The maximum atomic E-state index is 14.1. The SMILES string of the molecule is Nc1c(F)c(F)c2c([nH]c(=O)n2-c2ccc(I)cc2F)c1O. The molecule has 0 fully saturated rings. The van der Waals surface area contributed by atoms with Crippen LogP contribution >= 0.6 is 22.6 Å². The van der Waals surface area contributed by atoms with Crippen molar-refractivity contribution >= 4 is 39.3 Å². The van der Waals surface area contributed by atoms with Crippen molar-refractivity contribution < 1.29 is 18.3 Å². The maximum absolute atomic E-state index is 14.1. The Labute approximate surface area is 134 Å². The highest BCUT2D eigenvalue weighted by Gasteiger charge is 2.24. The van der Waals surface area contributed by atoms with E-state index >= 15 is 0 Å². The number of nitrogens with two attached hydrogens (primary N) is 1. The number of nitrogens with zero attached hydrogens (tertiary/aromatic N) is 1. The van der Waals surface area contributed by atoms with E-state index in [2.05, 4.69) is 4.98 Å². The summed E-state index contributed by atoms with van der Waals surface area (Å²) in [6.07, 6.45) is 0. The van der Waals surface area contributed by atoms with E-state index in [0.717, 1.165) is 6.07 Å². The summed E-state index contributed by atoms with van der Waals surface area (Å²) in [7, 11) is 0. The minimum atomic E-state index is -1.51. The van der Waals surface area contributed by atoms with Crippen molar-refractivity contribution in [3.05, 3.63) is 49.7 Å². The molecule has 5 nitrogen and oxygen atoms in total. The average Bonchev–Trinajstić information content (AvgIpc) is 2.81. The van der Waals surface area contributed by atoms with E-state index < -0.39 is 45.6 Å². The molecule has 0 unspecified atom stereocenters. The van der Waals surface area contributed by atoms with Gasteiger partial charge in [0.15, 0.2) is 17.4 Å². The first-order chi connectivity index (χ1) is 10.3. The van der Waals surface area contributed by atoms with Gasteiger partial charge in [-0.2, -0.15) is 0 Å². The predicted octanol–water partition coefficient (Wildman–Crippen LogP) is 2.63. The lowest BCUT2D eigenvalue weighted by Crippen LogP contribution is -2.16. The van der Waals surface area contributed by atoms with Crippen LogP contribution in [-0.4, -0.2) is 14.7 Å². The number of anilines is 1. The third-order valence-corrected chi connectivity index (χ3v) is 3.85. The van der Waals surface area contributed by atoms with E-state index in [1.54, 1.807) is 0 Å². The summed E-state index contributed by atoms with van der Waals surface area (Å²) >= 11 is 1.86. The zero-order valence-corrected chi connectivity index (χ0v) is 12.8. The second-order valence-electron chi connectivity index (χ2n) is 4.48. The molecule has 0 aliphatic rings. The number of benzene rings is 2. The Morgan fingerprint density at radius 1 is 1.23 bits per heavy atom. The molecule has 22 heavy (non-hydrogen) atoms. The van der Waals surface area contributed by atoms with Crippen molar-refractivity contribution in [3.63, 3.8) is 0 Å². The van der Waals surface area contributed by atoms with Crippen LogP contribution in [0.3, 0.4) is 0 Å². The third-order valence-electron chi connectivity index (χ3n) is 3.18. The van der Waals surface area contributed by atoms with Crippen LogP contribution in [-0.2, 0) is 0 Å². The lowest BCUT2D eigenvalue weighted by atomic mass is 10.2. The van der Waals surface area contributed by atoms with Crippen LogP contribution < -0.4 is 11.4 Å². The molecule has 0 radical (unpaired) electrons. The van der Waals surface area contributed by atoms with Crippen LogP contribution in [0.5, 0.6) is 5.75 Å². The van der Waals surface area contributed by atoms with Crippen LogP contribution in [0.4, 0.5) is 18.9 Å². The fourth-order valence-electron chi connectivity index (χ4n) is 2.17. The zero-order valence-electron chi connectivity index (χ0n) is 10.6. The number of phenolic OH excluding ortho intramolecular Hbond substituents is 1. The first-order valence-electron chi connectivity index (χ1n) is 5.88. The van der Waals surface area contributed by atoms with Gasteiger partial charge in [0.25, 0.3) is 0 Å². The molecule has 0 aliphatic heterocycles. The Bertz CT molecular complexity index is 981. The Balaban J connectivity index is 2.50. The summed E-state index contributed by atoms with van der Waals surface area (Å²) in [4.78, 5) is 14.1. The molecule has 1 heterocycles. The quantitative estimate of drug-likeness (QED) is 0.321. The molecule has 0 bridgehead atoms. The van der Waals surface area contributed by atoms with Gasteiger partial charge in [0.05, 0.1) is 5.69 Å². The number of halogens is 4. The van der Waals surface area contributed by atoms with Gasteiger partial charge in [-0.05, 0) is 40.8 Å². The zero-order chi connectivity index (χ0) is 16.2. The molecule has 0 saturated heterocycles. The van der Waals surface area contributed by atoms with Gasteiger partial charge >= 0.3 is 5.69 Å². The number of hydrogen-bond acceptors (Lipinski definition) is 3. The lowest BCUT2D eigenvalue weighted by Gasteiger charge is -2.08. The fraction of sp³-hybridized carbons (Fsp3) is 0. The Morgan fingerprint density at radius 2 is 1.91 bits per heavy atom. The number of nitrogens with one attached hydrogen (secondary N) is 1. The summed E-state index contributed by atoms with van der Waals surface area (Å²) in [6.45, 7) is 0. The number of hydrogen-bond donors (Lipinski definition) is 3. The molecule has 0 aliphatic carbocycles. The summed E-state index contributed by atoms with van der Waals surface area (Å²) in [6, 6.07) is 3.87. The van der Waals surface area contributed by atoms with Gasteiger partial charge in [-0.25, -0.2) is 18.0 Å². The first-order valence-corrected chi connectivity index (χ1v) is 6.96. The van der Waals surface area contributed by atoms with Crippen molar-refractivity contribution in [2.45, 2.75) is 0 Å². The van der Waals surface area contributed by atoms with Gasteiger partial charge in [0.1, 0.15) is 22.5 Å². The number of rotatable bonds is 1. The minimum absolute atomic E-state index is 0.279. The van der Waals surface area contributed by atoms with Crippen LogP contribution in [0, 0.1) is 21.0 Å². The first kappa shape index (κ1) is 14.8. The molecule has 0 atom stereocenters. The number of fused-ring (bicyclic) bond motifs is 1. The molecule has 0 saturated carbocycles. The van der Waals surface area contributed by atoms with E-state index in [4.69, 9.17) is 5.73 Å². The van der Waals surface area contributed by atoms with Crippen molar-refractivity contribution in [2.75, 3.05) is 5.73 Å². The fourth-order valence-corrected chi connectivity index (χ4v) is 2.62. The molecule has 0 amide bonds. The topological polar surface area (TPSA) is 84.0 Å². The van der Waals surface area contributed by atoms with Crippen molar-refractivity contribution in [1.82, 2.24) is 9.55 Å². The van der Waals surface area contributed by atoms with Crippen molar-refractivity contribution in [3.8, 4) is 11.4 Å². The van der Waals surface area contributed by atoms with Crippen molar-refractivity contribution in [2.24, 2.45) is 0 Å². The van der Waals surface area contributed by atoms with Gasteiger partial charge in [0, 0.05) is 3.57 Å². The highest BCUT2D eigenvalue weighted by molar-refractivity contribution is 14.1. The van der Waals surface area contributed by atoms with Crippen LogP contribution in [0.25, 0.3) is 16.7 Å². The van der Waals surface area contributed by atoms with Gasteiger partial charge in [-0.1, -0.05) is 0 Å². The molecule has 3 aromatic rings. The maximum Gasteiger partial charge on any atom is 0.331 e. The number of imidazole rings is 1. The van der Waals surface area contributed by atoms with E-state index in [-0.39, 0.29) is 5.69 Å². The molecule has 114 valence electrons.